The van der Waals surface area contributed by atoms with Crippen LogP contribution in [0, 0.1) is 0 Å². The lowest BCUT2D eigenvalue weighted by Gasteiger charge is -2.16. The fourth-order valence-electron chi connectivity index (χ4n) is 1.88. The van der Waals surface area contributed by atoms with Crippen molar-refractivity contribution in [1.29, 1.82) is 0 Å². The third-order valence-corrected chi connectivity index (χ3v) is 4.39. The molecule has 4 nitrogen and oxygen atoms in total. The molecule has 0 aliphatic carbocycles. The van der Waals surface area contributed by atoms with Crippen LogP contribution >= 0.6 is 34.5 Å². The van der Waals surface area contributed by atoms with Crippen LogP contribution in [0.5, 0.6) is 0 Å². The molecule has 2 amide bonds. The first-order chi connectivity index (χ1) is 10.5. The summed E-state index contributed by atoms with van der Waals surface area (Å²) >= 11 is 13.3. The van der Waals surface area contributed by atoms with E-state index in [-0.39, 0.29) is 24.4 Å². The predicted molar refractivity (Wildman–Crippen MR) is 89.7 cm³/mol. The highest BCUT2D eigenvalue weighted by Gasteiger charge is 2.14. The third kappa shape index (κ3) is 4.47. The van der Waals surface area contributed by atoms with Gasteiger partial charge < -0.3 is 10.6 Å². The number of carbonyl (C=O) groups excluding carboxylic acids is 2. The van der Waals surface area contributed by atoms with Gasteiger partial charge in [-0.3, -0.25) is 9.59 Å². The summed E-state index contributed by atoms with van der Waals surface area (Å²) in [5, 5.41) is 8.18. The lowest BCUT2D eigenvalue weighted by Crippen LogP contribution is -2.37. The molecule has 0 bridgehead atoms. The normalized spacial score (nSPS) is 11.8. The Kier molecular flexibility index (Phi) is 5.83. The number of hydrogen-bond donors (Lipinski definition) is 2. The van der Waals surface area contributed by atoms with Gasteiger partial charge in [-0.15, -0.1) is 11.3 Å². The molecule has 1 aromatic carbocycles. The van der Waals surface area contributed by atoms with Crippen molar-refractivity contribution in [3.8, 4) is 0 Å². The van der Waals surface area contributed by atoms with Crippen molar-refractivity contribution >= 4 is 46.4 Å². The molecule has 2 N–H and O–H groups in total. The first-order valence-corrected chi connectivity index (χ1v) is 8.17. The number of carbonyl (C=O) groups is 2. The monoisotopic (exact) mass is 356 g/mol. The number of benzene rings is 1. The largest absolute Gasteiger partial charge is 0.348 e. The SMILES string of the molecule is C[C@H](NC(=O)CNC(=O)c1cccs1)c1ccc(Cl)cc1Cl. The van der Waals surface area contributed by atoms with E-state index in [0.717, 1.165) is 5.56 Å². The van der Waals surface area contributed by atoms with E-state index >= 15 is 0 Å². The van der Waals surface area contributed by atoms with Crippen LogP contribution in [-0.2, 0) is 4.79 Å². The van der Waals surface area contributed by atoms with Gasteiger partial charge in [0.15, 0.2) is 0 Å². The molecule has 2 aromatic rings. The lowest BCUT2D eigenvalue weighted by molar-refractivity contribution is -0.120. The number of thiophene rings is 1. The molecule has 22 heavy (non-hydrogen) atoms. The van der Waals surface area contributed by atoms with Gasteiger partial charge in [0.25, 0.3) is 5.91 Å². The molecule has 0 spiro atoms. The van der Waals surface area contributed by atoms with Gasteiger partial charge in [-0.2, -0.15) is 0 Å². The highest BCUT2D eigenvalue weighted by atomic mass is 35.5. The summed E-state index contributed by atoms with van der Waals surface area (Å²) in [6.45, 7) is 1.72. The van der Waals surface area contributed by atoms with E-state index in [1.54, 1.807) is 35.7 Å². The summed E-state index contributed by atoms with van der Waals surface area (Å²) < 4.78 is 0. The minimum atomic E-state index is -0.288. The van der Waals surface area contributed by atoms with E-state index in [4.69, 9.17) is 23.2 Å². The Labute approximate surface area is 142 Å². The zero-order valence-corrected chi connectivity index (χ0v) is 14.1. The molecule has 0 unspecified atom stereocenters. The molecule has 0 saturated heterocycles. The second-order valence-electron chi connectivity index (χ2n) is 4.62. The number of rotatable bonds is 5. The van der Waals surface area contributed by atoms with Gasteiger partial charge in [-0.25, -0.2) is 0 Å². The molecule has 116 valence electrons. The molecule has 0 saturated carbocycles. The molecule has 1 aromatic heterocycles. The summed E-state index contributed by atoms with van der Waals surface area (Å²) in [5.74, 6) is -0.550. The van der Waals surface area contributed by atoms with Crippen LogP contribution < -0.4 is 10.6 Å². The first-order valence-electron chi connectivity index (χ1n) is 6.53. The Morgan fingerprint density at radius 3 is 2.68 bits per heavy atom. The summed E-state index contributed by atoms with van der Waals surface area (Å²) in [5.41, 5.74) is 0.768. The number of hydrogen-bond acceptors (Lipinski definition) is 3. The minimum Gasteiger partial charge on any atom is -0.348 e. The van der Waals surface area contributed by atoms with Gasteiger partial charge in [0.05, 0.1) is 17.5 Å². The highest BCUT2D eigenvalue weighted by molar-refractivity contribution is 7.12. The van der Waals surface area contributed by atoms with Crippen LogP contribution in [0.25, 0.3) is 0 Å². The molecule has 7 heteroatoms. The molecular weight excluding hydrogens is 343 g/mol. The molecule has 1 heterocycles. The molecule has 0 aliphatic rings. The predicted octanol–water partition coefficient (Wildman–Crippen LogP) is 3.66. The summed E-state index contributed by atoms with van der Waals surface area (Å²) in [6.07, 6.45) is 0. The van der Waals surface area contributed by atoms with Crippen molar-refractivity contribution in [3.63, 3.8) is 0 Å². The molecular formula is C15H14Cl2N2O2S. The van der Waals surface area contributed by atoms with Crippen LogP contribution in [0.1, 0.15) is 28.2 Å². The maximum atomic E-state index is 11.9. The zero-order valence-electron chi connectivity index (χ0n) is 11.7. The quantitative estimate of drug-likeness (QED) is 0.858. The minimum absolute atomic E-state index is 0.0910. The number of halogens is 2. The van der Waals surface area contributed by atoms with E-state index < -0.39 is 0 Å². The van der Waals surface area contributed by atoms with Crippen LogP contribution in [0.2, 0.25) is 10.0 Å². The number of amides is 2. The lowest BCUT2D eigenvalue weighted by atomic mass is 10.1. The van der Waals surface area contributed by atoms with E-state index in [1.165, 1.54) is 11.3 Å². The molecule has 2 rings (SSSR count). The first kappa shape index (κ1) is 16.8. The summed E-state index contributed by atoms with van der Waals surface area (Å²) in [6, 6.07) is 8.30. The fraction of sp³-hybridized carbons (Fsp3) is 0.200. The maximum Gasteiger partial charge on any atom is 0.261 e. The Balaban J connectivity index is 1.87. The van der Waals surface area contributed by atoms with Gasteiger partial charge in [0, 0.05) is 10.0 Å². The van der Waals surface area contributed by atoms with Crippen LogP contribution in [0.4, 0.5) is 0 Å². The molecule has 0 aliphatic heterocycles. The van der Waals surface area contributed by atoms with Gasteiger partial charge >= 0.3 is 0 Å². The molecule has 0 fully saturated rings. The fourth-order valence-corrected chi connectivity index (χ4v) is 3.09. The standard InChI is InChI=1S/C15H14Cl2N2O2S/c1-9(11-5-4-10(16)7-12(11)17)19-14(20)8-18-15(21)13-3-2-6-22-13/h2-7,9H,8H2,1H3,(H,18,21)(H,19,20)/t9-/m0/s1. The van der Waals surface area contributed by atoms with E-state index in [9.17, 15) is 9.59 Å². The van der Waals surface area contributed by atoms with Crippen molar-refractivity contribution in [1.82, 2.24) is 10.6 Å². The van der Waals surface area contributed by atoms with Crippen molar-refractivity contribution in [2.45, 2.75) is 13.0 Å². The van der Waals surface area contributed by atoms with E-state index in [2.05, 4.69) is 10.6 Å². The van der Waals surface area contributed by atoms with Crippen LogP contribution in [-0.4, -0.2) is 18.4 Å². The van der Waals surface area contributed by atoms with E-state index in [1.807, 2.05) is 6.92 Å². The van der Waals surface area contributed by atoms with Gasteiger partial charge in [0.2, 0.25) is 5.91 Å². The number of nitrogens with one attached hydrogen (secondary N) is 2. The highest BCUT2D eigenvalue weighted by Crippen LogP contribution is 2.25. The Morgan fingerprint density at radius 1 is 1.27 bits per heavy atom. The molecule has 0 radical (unpaired) electrons. The van der Waals surface area contributed by atoms with Crippen LogP contribution in [0.15, 0.2) is 35.7 Å². The van der Waals surface area contributed by atoms with Crippen molar-refractivity contribution < 1.29 is 9.59 Å². The van der Waals surface area contributed by atoms with Gasteiger partial charge in [0.1, 0.15) is 0 Å². The Hall–Kier alpha value is -1.56. The molecule has 1 atom stereocenters. The second kappa shape index (κ2) is 7.63. The average Bonchev–Trinajstić information content (AvgIpc) is 2.98. The van der Waals surface area contributed by atoms with Crippen molar-refractivity contribution in [2.24, 2.45) is 0 Å². The van der Waals surface area contributed by atoms with Crippen molar-refractivity contribution in [2.75, 3.05) is 6.54 Å². The second-order valence-corrected chi connectivity index (χ2v) is 6.41. The maximum absolute atomic E-state index is 11.9. The topological polar surface area (TPSA) is 58.2 Å². The van der Waals surface area contributed by atoms with E-state index in [0.29, 0.717) is 14.9 Å². The Bertz CT molecular complexity index is 674. The smallest absolute Gasteiger partial charge is 0.261 e. The third-order valence-electron chi connectivity index (χ3n) is 2.96. The summed E-state index contributed by atoms with van der Waals surface area (Å²) in [4.78, 5) is 24.2. The zero-order chi connectivity index (χ0) is 16.1. The summed E-state index contributed by atoms with van der Waals surface area (Å²) in [7, 11) is 0. The average molecular weight is 357 g/mol. The van der Waals surface area contributed by atoms with Gasteiger partial charge in [-0.1, -0.05) is 35.3 Å². The van der Waals surface area contributed by atoms with Crippen LogP contribution in [0.3, 0.4) is 0 Å². The van der Waals surface area contributed by atoms with Crippen molar-refractivity contribution in [3.05, 3.63) is 56.2 Å². The van der Waals surface area contributed by atoms with Gasteiger partial charge in [-0.05, 0) is 36.1 Å². The Morgan fingerprint density at radius 2 is 2.05 bits per heavy atom.